The lowest BCUT2D eigenvalue weighted by molar-refractivity contribution is -0.0328. The van der Waals surface area contributed by atoms with Crippen LogP contribution in [0, 0.1) is 11.8 Å². The normalized spacial score (nSPS) is 10.8. The van der Waals surface area contributed by atoms with Gasteiger partial charge in [-0.1, -0.05) is 17.9 Å². The minimum absolute atomic E-state index is 0.129. The Morgan fingerprint density at radius 1 is 1.31 bits per heavy atom. The summed E-state index contributed by atoms with van der Waals surface area (Å²) in [7, 11) is 0. The SMILES string of the molecule is FC(F)(F)Sc1cccc(C#CCCS)c1. The van der Waals surface area contributed by atoms with Gasteiger partial charge in [0.1, 0.15) is 0 Å². The van der Waals surface area contributed by atoms with Crippen LogP contribution >= 0.6 is 24.4 Å². The first-order valence-electron chi connectivity index (χ1n) is 4.47. The van der Waals surface area contributed by atoms with Crippen molar-refractivity contribution in [1.29, 1.82) is 0 Å². The number of benzene rings is 1. The van der Waals surface area contributed by atoms with Crippen molar-refractivity contribution in [2.75, 3.05) is 5.75 Å². The molecule has 0 unspecified atom stereocenters. The molecule has 1 aromatic carbocycles. The van der Waals surface area contributed by atoms with Gasteiger partial charge in [0.15, 0.2) is 0 Å². The van der Waals surface area contributed by atoms with E-state index in [2.05, 4.69) is 24.5 Å². The molecule has 1 aromatic rings. The maximum Gasteiger partial charge on any atom is 0.446 e. The number of hydrogen-bond acceptors (Lipinski definition) is 2. The van der Waals surface area contributed by atoms with Gasteiger partial charge in [0.05, 0.1) is 0 Å². The molecule has 0 heterocycles. The molecule has 0 saturated carbocycles. The Morgan fingerprint density at radius 3 is 2.69 bits per heavy atom. The molecule has 0 radical (unpaired) electrons. The summed E-state index contributed by atoms with van der Waals surface area (Å²) >= 11 is 3.86. The summed E-state index contributed by atoms with van der Waals surface area (Å²) in [6.45, 7) is 0. The van der Waals surface area contributed by atoms with Crippen molar-refractivity contribution in [1.82, 2.24) is 0 Å². The monoisotopic (exact) mass is 262 g/mol. The lowest BCUT2D eigenvalue weighted by Gasteiger charge is -2.05. The Morgan fingerprint density at radius 2 is 2.06 bits per heavy atom. The van der Waals surface area contributed by atoms with E-state index in [4.69, 9.17) is 0 Å². The fourth-order valence-electron chi connectivity index (χ4n) is 0.991. The second kappa shape index (κ2) is 6.12. The van der Waals surface area contributed by atoms with Crippen LogP contribution in [0.5, 0.6) is 0 Å². The average molecular weight is 262 g/mol. The highest BCUT2D eigenvalue weighted by Crippen LogP contribution is 2.36. The average Bonchev–Trinajstić information content (AvgIpc) is 2.16. The molecule has 0 spiro atoms. The summed E-state index contributed by atoms with van der Waals surface area (Å²) < 4.78 is 36.3. The van der Waals surface area contributed by atoms with E-state index in [1.54, 1.807) is 12.1 Å². The molecule has 0 saturated heterocycles. The zero-order valence-corrected chi connectivity index (χ0v) is 9.92. The largest absolute Gasteiger partial charge is 0.446 e. The third-order valence-electron chi connectivity index (χ3n) is 1.54. The lowest BCUT2D eigenvalue weighted by atomic mass is 10.2. The van der Waals surface area contributed by atoms with Crippen LogP contribution < -0.4 is 0 Å². The van der Waals surface area contributed by atoms with Crippen molar-refractivity contribution in [3.05, 3.63) is 29.8 Å². The molecule has 1 rings (SSSR count). The topological polar surface area (TPSA) is 0 Å². The van der Waals surface area contributed by atoms with Crippen LogP contribution in [-0.4, -0.2) is 11.3 Å². The standard InChI is InChI=1S/C11H9F3S2/c12-11(13,14)16-10-6-3-5-9(8-10)4-1-2-7-15/h3,5-6,8,15H,2,7H2. The van der Waals surface area contributed by atoms with Crippen molar-refractivity contribution >= 4 is 24.4 Å². The van der Waals surface area contributed by atoms with Crippen molar-refractivity contribution < 1.29 is 13.2 Å². The van der Waals surface area contributed by atoms with Gasteiger partial charge in [0.25, 0.3) is 0 Å². The van der Waals surface area contributed by atoms with Crippen molar-refractivity contribution in [3.8, 4) is 11.8 Å². The molecule has 16 heavy (non-hydrogen) atoms. The van der Waals surface area contributed by atoms with Gasteiger partial charge in [0, 0.05) is 22.6 Å². The minimum atomic E-state index is -4.25. The summed E-state index contributed by atoms with van der Waals surface area (Å²) in [5.41, 5.74) is -3.66. The van der Waals surface area contributed by atoms with Crippen LogP contribution in [0.25, 0.3) is 0 Å². The summed E-state index contributed by atoms with van der Waals surface area (Å²) in [5, 5.41) is 0. The molecule has 0 aliphatic carbocycles. The number of alkyl halides is 3. The van der Waals surface area contributed by atoms with Gasteiger partial charge in [0.2, 0.25) is 0 Å². The van der Waals surface area contributed by atoms with Crippen molar-refractivity contribution in [3.63, 3.8) is 0 Å². The quantitative estimate of drug-likeness (QED) is 0.478. The Labute approximate surface area is 102 Å². The molecule has 0 aliphatic rings. The smallest absolute Gasteiger partial charge is 0.178 e. The molecule has 0 aliphatic heterocycles. The number of halogens is 3. The Hall–Kier alpha value is -0.730. The highest BCUT2D eigenvalue weighted by molar-refractivity contribution is 8.00. The maximum absolute atomic E-state index is 12.1. The minimum Gasteiger partial charge on any atom is -0.178 e. The van der Waals surface area contributed by atoms with Gasteiger partial charge >= 0.3 is 5.51 Å². The molecule has 0 nitrogen and oxygen atoms in total. The zero-order chi connectivity index (χ0) is 12.0. The van der Waals surface area contributed by atoms with Gasteiger partial charge in [-0.15, -0.1) is 0 Å². The predicted molar refractivity (Wildman–Crippen MR) is 63.7 cm³/mol. The molecule has 0 amide bonds. The first-order chi connectivity index (χ1) is 7.51. The van der Waals surface area contributed by atoms with Crippen LogP contribution in [0.3, 0.4) is 0 Å². The Balaban J connectivity index is 2.76. The van der Waals surface area contributed by atoms with E-state index in [0.717, 1.165) is 0 Å². The number of rotatable bonds is 2. The first-order valence-corrected chi connectivity index (χ1v) is 5.92. The molecule has 0 fully saturated rings. The van der Waals surface area contributed by atoms with E-state index < -0.39 is 5.51 Å². The molecular formula is C11H9F3S2. The number of thiol groups is 1. The van der Waals surface area contributed by atoms with E-state index in [1.165, 1.54) is 12.1 Å². The van der Waals surface area contributed by atoms with Gasteiger partial charge in [-0.05, 0) is 30.0 Å². The second-order valence-corrected chi connectivity index (χ2v) is 4.44. The van der Waals surface area contributed by atoms with E-state index in [9.17, 15) is 13.2 Å². The van der Waals surface area contributed by atoms with Crippen LogP contribution in [0.1, 0.15) is 12.0 Å². The van der Waals surface area contributed by atoms with E-state index in [1.807, 2.05) is 0 Å². The van der Waals surface area contributed by atoms with E-state index in [0.29, 0.717) is 17.7 Å². The maximum atomic E-state index is 12.1. The summed E-state index contributed by atoms with van der Waals surface area (Å²) in [4.78, 5) is 0.158. The Bertz CT molecular complexity index is 402. The lowest BCUT2D eigenvalue weighted by Crippen LogP contribution is -1.98. The molecule has 5 heteroatoms. The third-order valence-corrected chi connectivity index (χ3v) is 2.48. The highest BCUT2D eigenvalue weighted by atomic mass is 32.2. The van der Waals surface area contributed by atoms with Crippen LogP contribution in [0.15, 0.2) is 29.2 Å². The summed E-state index contributed by atoms with van der Waals surface area (Å²) in [5.74, 6) is 6.26. The molecule has 0 bridgehead atoms. The van der Waals surface area contributed by atoms with E-state index >= 15 is 0 Å². The molecule has 0 atom stereocenters. The van der Waals surface area contributed by atoms with Gasteiger partial charge < -0.3 is 0 Å². The van der Waals surface area contributed by atoms with Crippen molar-refractivity contribution in [2.24, 2.45) is 0 Å². The van der Waals surface area contributed by atoms with Crippen LogP contribution in [0.2, 0.25) is 0 Å². The first kappa shape index (κ1) is 13.3. The third kappa shape index (κ3) is 5.38. The zero-order valence-electron chi connectivity index (χ0n) is 8.21. The fraction of sp³-hybridized carbons (Fsp3) is 0.273. The van der Waals surface area contributed by atoms with Crippen LogP contribution in [0.4, 0.5) is 13.2 Å². The highest BCUT2D eigenvalue weighted by Gasteiger charge is 2.29. The number of hydrogen-bond donors (Lipinski definition) is 1. The molecular weight excluding hydrogens is 253 g/mol. The molecule has 0 N–H and O–H groups in total. The summed E-state index contributed by atoms with van der Waals surface area (Å²) in [6.07, 6.45) is 0.625. The number of thioether (sulfide) groups is 1. The Kier molecular flexibility index (Phi) is 5.10. The van der Waals surface area contributed by atoms with Crippen LogP contribution in [-0.2, 0) is 0 Å². The van der Waals surface area contributed by atoms with Gasteiger partial charge in [-0.3, -0.25) is 0 Å². The van der Waals surface area contributed by atoms with E-state index in [-0.39, 0.29) is 16.7 Å². The summed E-state index contributed by atoms with van der Waals surface area (Å²) in [6, 6.07) is 6.11. The predicted octanol–water partition coefficient (Wildman–Crippen LogP) is 3.97. The second-order valence-electron chi connectivity index (χ2n) is 2.85. The van der Waals surface area contributed by atoms with Gasteiger partial charge in [-0.2, -0.15) is 25.8 Å². The van der Waals surface area contributed by atoms with Gasteiger partial charge in [-0.25, -0.2) is 0 Å². The fourth-order valence-corrected chi connectivity index (χ4v) is 1.70. The van der Waals surface area contributed by atoms with Crippen molar-refractivity contribution in [2.45, 2.75) is 16.8 Å². The molecule has 0 aromatic heterocycles. The molecule has 86 valence electrons.